The number of carboxylic acid groups (broad SMARTS) is 1. The summed E-state index contributed by atoms with van der Waals surface area (Å²) in [5.41, 5.74) is -0.293. The van der Waals surface area contributed by atoms with Crippen LogP contribution < -0.4 is 0 Å². The van der Waals surface area contributed by atoms with E-state index in [1.54, 1.807) is 6.07 Å². The molecule has 0 saturated heterocycles. The van der Waals surface area contributed by atoms with Gasteiger partial charge in [0.15, 0.2) is 9.84 Å². The van der Waals surface area contributed by atoms with Gasteiger partial charge >= 0.3 is 5.97 Å². The molecule has 2 fully saturated rings. The van der Waals surface area contributed by atoms with Crippen molar-refractivity contribution in [3.8, 4) is 0 Å². The van der Waals surface area contributed by atoms with Gasteiger partial charge in [0, 0.05) is 0 Å². The molecule has 0 unspecified atom stereocenters. The molecule has 114 valence electrons. The van der Waals surface area contributed by atoms with Crippen LogP contribution >= 0.6 is 11.6 Å². The van der Waals surface area contributed by atoms with E-state index in [9.17, 15) is 18.3 Å². The van der Waals surface area contributed by atoms with Gasteiger partial charge in [-0.1, -0.05) is 30.5 Å². The number of benzene rings is 1. The van der Waals surface area contributed by atoms with Crippen molar-refractivity contribution in [1.82, 2.24) is 0 Å². The minimum Gasteiger partial charge on any atom is -0.481 e. The molecular formula is C15H17ClO4S. The highest BCUT2D eigenvalue weighted by molar-refractivity contribution is 7.92. The molecular weight excluding hydrogens is 312 g/mol. The normalized spacial score (nSPS) is 21.4. The number of hydrogen-bond donors (Lipinski definition) is 1. The first-order valence-corrected chi connectivity index (χ1v) is 9.08. The third-order valence-electron chi connectivity index (χ3n) is 4.62. The molecule has 0 aliphatic heterocycles. The molecule has 0 heterocycles. The Labute approximate surface area is 129 Å². The van der Waals surface area contributed by atoms with Crippen LogP contribution in [0.3, 0.4) is 0 Å². The van der Waals surface area contributed by atoms with E-state index in [1.807, 2.05) is 0 Å². The van der Waals surface area contributed by atoms with E-state index in [-0.39, 0.29) is 15.2 Å². The van der Waals surface area contributed by atoms with E-state index in [4.69, 9.17) is 11.6 Å². The average Bonchev–Trinajstić information content (AvgIpc) is 3.16. The minimum atomic E-state index is -3.36. The van der Waals surface area contributed by atoms with Gasteiger partial charge in [0.25, 0.3) is 0 Å². The molecule has 0 radical (unpaired) electrons. The summed E-state index contributed by atoms with van der Waals surface area (Å²) in [6.07, 6.45) is 4.25. The Kier molecular flexibility index (Phi) is 3.53. The fraction of sp³-hybridized carbons (Fsp3) is 0.533. The van der Waals surface area contributed by atoms with Crippen molar-refractivity contribution in [3.05, 3.63) is 28.8 Å². The molecule has 4 nitrogen and oxygen atoms in total. The van der Waals surface area contributed by atoms with Gasteiger partial charge in [-0.05, 0) is 43.4 Å². The van der Waals surface area contributed by atoms with Crippen LogP contribution in [0.25, 0.3) is 0 Å². The molecule has 0 amide bonds. The Morgan fingerprint density at radius 3 is 2.33 bits per heavy atom. The fourth-order valence-corrected chi connectivity index (χ4v) is 5.40. The minimum absolute atomic E-state index is 0.133. The van der Waals surface area contributed by atoms with Gasteiger partial charge < -0.3 is 5.11 Å². The summed E-state index contributed by atoms with van der Waals surface area (Å²) in [7, 11) is -3.36. The molecule has 21 heavy (non-hydrogen) atoms. The summed E-state index contributed by atoms with van der Waals surface area (Å²) < 4.78 is 24.5. The summed E-state index contributed by atoms with van der Waals surface area (Å²) in [5, 5.41) is 9.40. The van der Waals surface area contributed by atoms with Crippen molar-refractivity contribution in [2.75, 3.05) is 0 Å². The number of rotatable bonds is 4. The molecule has 0 atom stereocenters. The fourth-order valence-electron chi connectivity index (χ4n) is 3.19. The van der Waals surface area contributed by atoms with Gasteiger partial charge in [-0.15, -0.1) is 0 Å². The van der Waals surface area contributed by atoms with Crippen LogP contribution in [0.5, 0.6) is 0 Å². The summed E-state index contributed by atoms with van der Waals surface area (Å²) in [4.78, 5) is 11.8. The first-order chi connectivity index (χ1) is 9.88. The number of halogens is 1. The Hall–Kier alpha value is -1.07. The van der Waals surface area contributed by atoms with Crippen LogP contribution in [0, 0.1) is 0 Å². The van der Waals surface area contributed by atoms with E-state index in [2.05, 4.69) is 0 Å². The number of carbonyl (C=O) groups is 1. The zero-order valence-corrected chi connectivity index (χ0v) is 13.1. The molecule has 1 aromatic rings. The summed E-state index contributed by atoms with van der Waals surface area (Å²) in [6, 6.07) is 4.64. The van der Waals surface area contributed by atoms with E-state index in [0.29, 0.717) is 31.2 Å². The summed E-state index contributed by atoms with van der Waals surface area (Å²) in [5.74, 6) is -0.853. The molecule has 3 rings (SSSR count). The average molecular weight is 329 g/mol. The molecule has 2 aliphatic rings. The van der Waals surface area contributed by atoms with E-state index in [0.717, 1.165) is 12.8 Å². The Morgan fingerprint density at radius 1 is 1.24 bits per heavy atom. The number of sulfone groups is 1. The number of carboxylic acids is 1. The predicted octanol–water partition coefficient (Wildman–Crippen LogP) is 3.17. The van der Waals surface area contributed by atoms with E-state index in [1.165, 1.54) is 12.1 Å². The number of aliphatic carboxylic acids is 1. The first kappa shape index (κ1) is 14.9. The molecule has 0 aromatic heterocycles. The summed E-state index contributed by atoms with van der Waals surface area (Å²) >= 11 is 6.16. The maximum atomic E-state index is 12.3. The number of hydrogen-bond acceptors (Lipinski definition) is 3. The SMILES string of the molecule is O=C(O)C1(c2ccc(S(=O)(=O)C3CC3)c(Cl)c2)CCCC1. The highest BCUT2D eigenvalue weighted by atomic mass is 35.5. The Morgan fingerprint density at radius 2 is 1.86 bits per heavy atom. The smallest absolute Gasteiger partial charge is 0.314 e. The van der Waals surface area contributed by atoms with E-state index >= 15 is 0 Å². The molecule has 2 saturated carbocycles. The highest BCUT2D eigenvalue weighted by Crippen LogP contribution is 2.44. The molecule has 6 heteroatoms. The van der Waals surface area contributed by atoms with Crippen LogP contribution in [0.2, 0.25) is 5.02 Å². The lowest BCUT2D eigenvalue weighted by Gasteiger charge is -2.25. The predicted molar refractivity (Wildman–Crippen MR) is 79.4 cm³/mol. The quantitative estimate of drug-likeness (QED) is 0.921. The maximum Gasteiger partial charge on any atom is 0.314 e. The second-order valence-corrected chi connectivity index (χ2v) is 8.59. The van der Waals surface area contributed by atoms with Crippen molar-refractivity contribution in [2.45, 2.75) is 54.1 Å². The third-order valence-corrected chi connectivity index (χ3v) is 7.36. The first-order valence-electron chi connectivity index (χ1n) is 7.15. The highest BCUT2D eigenvalue weighted by Gasteiger charge is 2.44. The second kappa shape index (κ2) is 4.99. The lowest BCUT2D eigenvalue weighted by molar-refractivity contribution is -0.143. The van der Waals surface area contributed by atoms with Gasteiger partial charge in [0.2, 0.25) is 0 Å². The topological polar surface area (TPSA) is 71.4 Å². The molecule has 1 aromatic carbocycles. The van der Waals surface area contributed by atoms with Gasteiger partial charge in [-0.2, -0.15) is 0 Å². The van der Waals surface area contributed by atoms with Crippen LogP contribution in [0.4, 0.5) is 0 Å². The van der Waals surface area contributed by atoms with Crippen LogP contribution in [-0.2, 0) is 20.0 Å². The molecule has 0 spiro atoms. The van der Waals surface area contributed by atoms with Crippen molar-refractivity contribution < 1.29 is 18.3 Å². The lowest BCUT2D eigenvalue weighted by atomic mass is 9.79. The lowest BCUT2D eigenvalue weighted by Crippen LogP contribution is -2.32. The van der Waals surface area contributed by atoms with Gasteiger partial charge in [-0.25, -0.2) is 8.42 Å². The molecule has 0 bridgehead atoms. The summed E-state index contributed by atoms with van der Waals surface area (Å²) in [6.45, 7) is 0. The Balaban J connectivity index is 2.03. The molecule has 2 aliphatic carbocycles. The standard InChI is InChI=1S/C15H17ClO4S/c16-12-9-10(15(14(17)18)7-1-2-8-15)3-6-13(12)21(19,20)11-4-5-11/h3,6,9,11H,1-2,4-5,7-8H2,(H,17,18). The monoisotopic (exact) mass is 328 g/mol. The van der Waals surface area contributed by atoms with Gasteiger partial charge in [0.05, 0.1) is 20.6 Å². The van der Waals surface area contributed by atoms with Gasteiger partial charge in [0.1, 0.15) is 0 Å². The zero-order chi connectivity index (χ0) is 15.3. The second-order valence-electron chi connectivity index (χ2n) is 5.98. The Bertz CT molecular complexity index is 686. The van der Waals surface area contributed by atoms with E-state index < -0.39 is 21.2 Å². The molecule has 1 N–H and O–H groups in total. The zero-order valence-electron chi connectivity index (χ0n) is 11.5. The van der Waals surface area contributed by atoms with Crippen LogP contribution in [0.15, 0.2) is 23.1 Å². The maximum absolute atomic E-state index is 12.3. The van der Waals surface area contributed by atoms with Crippen LogP contribution in [-0.4, -0.2) is 24.7 Å². The van der Waals surface area contributed by atoms with Crippen molar-refractivity contribution >= 4 is 27.4 Å². The van der Waals surface area contributed by atoms with Crippen molar-refractivity contribution in [1.29, 1.82) is 0 Å². The van der Waals surface area contributed by atoms with Gasteiger partial charge in [-0.3, -0.25) is 4.79 Å². The van der Waals surface area contributed by atoms with Crippen LogP contribution in [0.1, 0.15) is 44.1 Å². The van der Waals surface area contributed by atoms with Crippen molar-refractivity contribution in [3.63, 3.8) is 0 Å². The largest absolute Gasteiger partial charge is 0.481 e. The van der Waals surface area contributed by atoms with Crippen molar-refractivity contribution in [2.24, 2.45) is 0 Å². The third kappa shape index (κ3) is 2.36.